The van der Waals surface area contributed by atoms with Crippen molar-refractivity contribution < 1.29 is 4.74 Å². The molecule has 0 amide bonds. The Morgan fingerprint density at radius 2 is 1.94 bits per heavy atom. The van der Waals surface area contributed by atoms with Crippen LogP contribution in [0.2, 0.25) is 0 Å². The molecule has 4 heteroatoms. The monoisotopic (exact) mass is 284 g/mol. The van der Waals surface area contributed by atoms with Gasteiger partial charge < -0.3 is 10.1 Å². The minimum atomic E-state index is 0. The number of aliphatic imine (C=N–C) groups is 1. The fraction of sp³-hybridized carbons (Fsp3) is 0.417. The number of halogens is 1. The largest absolute Gasteiger partial charge is 0.497 e. The molecule has 88 valence electrons. The van der Waals surface area contributed by atoms with Gasteiger partial charge >= 0.3 is 0 Å². The first-order chi connectivity index (χ1) is 7.38. The van der Waals surface area contributed by atoms with Gasteiger partial charge in [0, 0.05) is 18.7 Å². The van der Waals surface area contributed by atoms with Crippen molar-refractivity contribution in [3.63, 3.8) is 0 Å². The molecule has 0 aliphatic carbocycles. The third-order valence-corrected chi connectivity index (χ3v) is 2.50. The molecular weight excluding hydrogens is 268 g/mol. The molecule has 2 rings (SSSR count). The fourth-order valence-electron chi connectivity index (χ4n) is 1.64. The topological polar surface area (TPSA) is 33.6 Å². The standard InChI is InChI=1S/C12H16N2O.BrH/c1-15-11-7-5-10(6-8-11)14-12-4-2-3-9-13-12;/h5-8H,2-4,9H2,1H3,(H,13,14);1H. The van der Waals surface area contributed by atoms with Crippen LogP contribution < -0.4 is 10.1 Å². The maximum Gasteiger partial charge on any atom is 0.119 e. The molecular formula is C12H17BrN2O. The lowest BCUT2D eigenvalue weighted by Gasteiger charge is -2.14. The highest BCUT2D eigenvalue weighted by Gasteiger charge is 2.04. The van der Waals surface area contributed by atoms with Gasteiger partial charge in [0.2, 0.25) is 0 Å². The Morgan fingerprint density at radius 1 is 1.19 bits per heavy atom. The number of amidine groups is 1. The predicted molar refractivity (Wildman–Crippen MR) is 73.1 cm³/mol. The molecule has 0 unspecified atom stereocenters. The van der Waals surface area contributed by atoms with Crippen LogP contribution in [0.15, 0.2) is 29.3 Å². The summed E-state index contributed by atoms with van der Waals surface area (Å²) < 4.78 is 5.10. The summed E-state index contributed by atoms with van der Waals surface area (Å²) in [5.74, 6) is 1.98. The molecule has 0 spiro atoms. The van der Waals surface area contributed by atoms with E-state index in [1.807, 2.05) is 24.3 Å². The van der Waals surface area contributed by atoms with Gasteiger partial charge in [-0.1, -0.05) is 0 Å². The van der Waals surface area contributed by atoms with Crippen molar-refractivity contribution in [1.82, 2.24) is 0 Å². The van der Waals surface area contributed by atoms with Gasteiger partial charge in [0.1, 0.15) is 11.6 Å². The van der Waals surface area contributed by atoms with E-state index in [1.54, 1.807) is 7.11 Å². The SMILES string of the molecule is Br.COc1ccc(NC2=NCCCC2)cc1. The summed E-state index contributed by atoms with van der Waals surface area (Å²) in [6.07, 6.45) is 3.52. The van der Waals surface area contributed by atoms with Crippen LogP contribution in [-0.2, 0) is 0 Å². The number of hydrogen-bond donors (Lipinski definition) is 1. The minimum absolute atomic E-state index is 0. The maximum atomic E-state index is 5.10. The fourth-order valence-corrected chi connectivity index (χ4v) is 1.64. The van der Waals surface area contributed by atoms with Gasteiger partial charge in [0.25, 0.3) is 0 Å². The molecule has 1 heterocycles. The van der Waals surface area contributed by atoms with E-state index in [9.17, 15) is 0 Å². The molecule has 0 aromatic heterocycles. The molecule has 0 bridgehead atoms. The van der Waals surface area contributed by atoms with Crippen LogP contribution in [0.3, 0.4) is 0 Å². The van der Waals surface area contributed by atoms with E-state index in [1.165, 1.54) is 12.8 Å². The quantitative estimate of drug-likeness (QED) is 0.904. The third kappa shape index (κ3) is 3.52. The van der Waals surface area contributed by atoms with E-state index in [2.05, 4.69) is 10.3 Å². The Hall–Kier alpha value is -1.03. The molecule has 0 atom stereocenters. The number of hydrogen-bond acceptors (Lipinski definition) is 3. The average Bonchev–Trinajstić information content (AvgIpc) is 2.31. The number of methoxy groups -OCH3 is 1. The van der Waals surface area contributed by atoms with Crippen molar-refractivity contribution in [2.45, 2.75) is 19.3 Å². The second kappa shape index (κ2) is 6.53. The summed E-state index contributed by atoms with van der Waals surface area (Å²) in [7, 11) is 1.67. The van der Waals surface area contributed by atoms with Crippen LogP contribution in [0.25, 0.3) is 0 Å². The Kier molecular flexibility index (Phi) is 5.32. The maximum absolute atomic E-state index is 5.10. The average molecular weight is 285 g/mol. The van der Waals surface area contributed by atoms with Crippen molar-refractivity contribution >= 4 is 28.5 Å². The van der Waals surface area contributed by atoms with Gasteiger partial charge in [-0.2, -0.15) is 0 Å². The van der Waals surface area contributed by atoms with E-state index in [4.69, 9.17) is 4.74 Å². The molecule has 1 aromatic rings. The lowest BCUT2D eigenvalue weighted by atomic mass is 10.2. The van der Waals surface area contributed by atoms with E-state index < -0.39 is 0 Å². The molecule has 0 fully saturated rings. The van der Waals surface area contributed by atoms with Crippen LogP contribution in [0.4, 0.5) is 5.69 Å². The first-order valence-corrected chi connectivity index (χ1v) is 5.33. The van der Waals surface area contributed by atoms with Crippen LogP contribution in [0.5, 0.6) is 5.75 Å². The van der Waals surface area contributed by atoms with E-state index in [-0.39, 0.29) is 17.0 Å². The van der Waals surface area contributed by atoms with Crippen molar-refractivity contribution in [2.75, 3.05) is 19.0 Å². The van der Waals surface area contributed by atoms with Crippen molar-refractivity contribution in [3.8, 4) is 5.75 Å². The van der Waals surface area contributed by atoms with Crippen molar-refractivity contribution in [3.05, 3.63) is 24.3 Å². The van der Waals surface area contributed by atoms with Crippen LogP contribution in [-0.4, -0.2) is 19.5 Å². The minimum Gasteiger partial charge on any atom is -0.497 e. The molecule has 0 saturated carbocycles. The summed E-state index contributed by atoms with van der Waals surface area (Å²) in [6.45, 7) is 0.957. The first kappa shape index (κ1) is 13.0. The number of anilines is 1. The highest BCUT2D eigenvalue weighted by atomic mass is 79.9. The molecule has 1 aliphatic rings. The second-order valence-corrected chi connectivity index (χ2v) is 3.64. The zero-order valence-corrected chi connectivity index (χ0v) is 11.1. The Balaban J connectivity index is 0.00000128. The second-order valence-electron chi connectivity index (χ2n) is 3.64. The van der Waals surface area contributed by atoms with Gasteiger partial charge in [0.15, 0.2) is 0 Å². The number of benzene rings is 1. The van der Waals surface area contributed by atoms with Gasteiger partial charge in [-0.25, -0.2) is 0 Å². The lowest BCUT2D eigenvalue weighted by molar-refractivity contribution is 0.415. The van der Waals surface area contributed by atoms with Gasteiger partial charge in [-0.05, 0) is 37.1 Å². The summed E-state index contributed by atoms with van der Waals surface area (Å²) >= 11 is 0. The van der Waals surface area contributed by atoms with Crippen LogP contribution >= 0.6 is 17.0 Å². The number of rotatable bonds is 2. The number of ether oxygens (including phenoxy) is 1. The van der Waals surface area contributed by atoms with E-state index in [0.717, 1.165) is 30.2 Å². The Morgan fingerprint density at radius 3 is 2.50 bits per heavy atom. The highest BCUT2D eigenvalue weighted by Crippen LogP contribution is 2.16. The van der Waals surface area contributed by atoms with E-state index in [0.29, 0.717) is 0 Å². The summed E-state index contributed by atoms with van der Waals surface area (Å²) in [5, 5.41) is 3.33. The molecule has 1 aromatic carbocycles. The molecule has 0 saturated heterocycles. The molecule has 1 aliphatic heterocycles. The lowest BCUT2D eigenvalue weighted by Crippen LogP contribution is -2.15. The van der Waals surface area contributed by atoms with Crippen molar-refractivity contribution in [2.24, 2.45) is 4.99 Å². The van der Waals surface area contributed by atoms with Crippen LogP contribution in [0.1, 0.15) is 19.3 Å². The summed E-state index contributed by atoms with van der Waals surface area (Å²) in [4.78, 5) is 4.44. The Labute approximate surface area is 107 Å². The summed E-state index contributed by atoms with van der Waals surface area (Å²) in [6, 6.07) is 7.92. The normalized spacial score (nSPS) is 14.7. The Bertz CT molecular complexity index is 349. The highest BCUT2D eigenvalue weighted by molar-refractivity contribution is 8.93. The zero-order chi connectivity index (χ0) is 10.5. The first-order valence-electron chi connectivity index (χ1n) is 5.33. The predicted octanol–water partition coefficient (Wildman–Crippen LogP) is 3.27. The molecule has 0 radical (unpaired) electrons. The molecule has 1 N–H and O–H groups in total. The number of nitrogens with zero attached hydrogens (tertiary/aromatic N) is 1. The third-order valence-electron chi connectivity index (χ3n) is 2.50. The van der Waals surface area contributed by atoms with Crippen LogP contribution in [0, 0.1) is 0 Å². The van der Waals surface area contributed by atoms with Gasteiger partial charge in [0.05, 0.1) is 7.11 Å². The smallest absolute Gasteiger partial charge is 0.119 e. The van der Waals surface area contributed by atoms with Crippen molar-refractivity contribution in [1.29, 1.82) is 0 Å². The summed E-state index contributed by atoms with van der Waals surface area (Å²) in [5.41, 5.74) is 1.08. The molecule has 16 heavy (non-hydrogen) atoms. The number of nitrogens with one attached hydrogen (secondary N) is 1. The molecule has 3 nitrogen and oxygen atoms in total. The van der Waals surface area contributed by atoms with Gasteiger partial charge in [-0.15, -0.1) is 17.0 Å². The van der Waals surface area contributed by atoms with Gasteiger partial charge in [-0.3, -0.25) is 4.99 Å². The van der Waals surface area contributed by atoms with E-state index >= 15 is 0 Å². The zero-order valence-electron chi connectivity index (χ0n) is 9.40.